The molecule has 0 saturated carbocycles. The number of aromatic nitrogens is 3. The predicted molar refractivity (Wildman–Crippen MR) is 86.4 cm³/mol. The van der Waals surface area contributed by atoms with Gasteiger partial charge in [0.1, 0.15) is 0 Å². The average molecular weight is 373 g/mol. The highest BCUT2D eigenvalue weighted by atomic mass is 35.5. The Morgan fingerprint density at radius 1 is 1.29 bits per heavy atom. The topological polar surface area (TPSA) is 140 Å². The first-order valence-corrected chi connectivity index (χ1v) is 8.26. The molecule has 0 fully saturated rings. The quantitative estimate of drug-likeness (QED) is 0.717. The van der Waals surface area contributed by atoms with Crippen LogP contribution in [0.15, 0.2) is 29.2 Å². The Balaban J connectivity index is 2.48. The first-order chi connectivity index (χ1) is 11.3. The van der Waals surface area contributed by atoms with E-state index in [1.165, 1.54) is 31.4 Å². The summed E-state index contributed by atoms with van der Waals surface area (Å²) >= 11 is 5.98. The van der Waals surface area contributed by atoms with Crippen molar-refractivity contribution in [2.45, 2.75) is 4.90 Å². The maximum atomic E-state index is 12.5. The van der Waals surface area contributed by atoms with Crippen molar-refractivity contribution in [3.63, 3.8) is 0 Å². The molecule has 0 aliphatic carbocycles. The van der Waals surface area contributed by atoms with Crippen LogP contribution in [0.1, 0.15) is 10.4 Å². The lowest BCUT2D eigenvalue weighted by Crippen LogP contribution is -2.26. The molecule has 128 valence electrons. The summed E-state index contributed by atoms with van der Waals surface area (Å²) in [5.74, 6) is -1.02. The largest absolute Gasteiger partial charge is 0.467 e. The smallest absolute Gasteiger partial charge is 0.322 e. The van der Waals surface area contributed by atoms with Crippen molar-refractivity contribution in [2.24, 2.45) is 5.14 Å². The van der Waals surface area contributed by atoms with Crippen molar-refractivity contribution in [3.8, 4) is 6.01 Å². The molecule has 0 spiro atoms. The number of hydrogen-bond acceptors (Lipinski definition) is 8. The molecule has 1 aromatic heterocycles. The van der Waals surface area contributed by atoms with E-state index in [0.717, 1.165) is 0 Å². The summed E-state index contributed by atoms with van der Waals surface area (Å²) in [5.41, 5.74) is -0.222. The molecule has 1 heterocycles. The van der Waals surface area contributed by atoms with Crippen LogP contribution in [0.5, 0.6) is 6.01 Å². The van der Waals surface area contributed by atoms with Gasteiger partial charge in [-0.25, -0.2) is 13.6 Å². The van der Waals surface area contributed by atoms with Gasteiger partial charge in [-0.1, -0.05) is 12.1 Å². The predicted octanol–water partition coefficient (Wildman–Crippen LogP) is 0.370. The number of nitrogens with one attached hydrogen (secondary N) is 1. The fourth-order valence-electron chi connectivity index (χ4n) is 1.72. The molecular weight excluding hydrogens is 360 g/mol. The Morgan fingerprint density at radius 3 is 2.54 bits per heavy atom. The van der Waals surface area contributed by atoms with Crippen LogP contribution in [0.4, 0.5) is 11.9 Å². The molecule has 0 atom stereocenters. The number of nitrogens with zero attached hydrogens (tertiary/aromatic N) is 4. The van der Waals surface area contributed by atoms with Gasteiger partial charge in [0.05, 0.1) is 17.6 Å². The third-order valence-corrected chi connectivity index (χ3v) is 4.06. The standard InChI is InChI=1S/C12H13ClN6O4S/c1-15-10-16-11(18-12(17-10)23-2)19(13)9(20)7-5-3-4-6-8(7)24(14,21)22/h3-6H,1-2H3,(H2,14,21,22)(H,15,16,17,18). The van der Waals surface area contributed by atoms with Gasteiger partial charge in [0.25, 0.3) is 11.9 Å². The number of sulfonamides is 1. The number of carbonyl (C=O) groups excluding carboxylic acids is 1. The van der Waals surface area contributed by atoms with E-state index < -0.39 is 15.9 Å². The molecule has 0 unspecified atom stereocenters. The first kappa shape index (κ1) is 17.8. The summed E-state index contributed by atoms with van der Waals surface area (Å²) in [5, 5.41) is 7.77. The molecule has 0 aliphatic rings. The maximum Gasteiger partial charge on any atom is 0.322 e. The van der Waals surface area contributed by atoms with E-state index in [0.29, 0.717) is 4.42 Å². The Labute approximate surface area is 142 Å². The first-order valence-electron chi connectivity index (χ1n) is 6.37. The Kier molecular flexibility index (Phi) is 5.17. The molecule has 0 bridgehead atoms. The summed E-state index contributed by atoms with van der Waals surface area (Å²) in [6.07, 6.45) is 0. The van der Waals surface area contributed by atoms with Crippen molar-refractivity contribution < 1.29 is 17.9 Å². The zero-order chi connectivity index (χ0) is 17.9. The van der Waals surface area contributed by atoms with E-state index >= 15 is 0 Å². The lowest BCUT2D eigenvalue weighted by atomic mass is 10.2. The van der Waals surface area contributed by atoms with E-state index in [9.17, 15) is 13.2 Å². The van der Waals surface area contributed by atoms with Crippen molar-refractivity contribution in [1.29, 1.82) is 0 Å². The molecule has 0 aliphatic heterocycles. The summed E-state index contributed by atoms with van der Waals surface area (Å²) in [6, 6.07) is 5.29. The number of methoxy groups -OCH3 is 1. The van der Waals surface area contributed by atoms with Gasteiger partial charge in [-0.05, 0) is 12.1 Å². The minimum Gasteiger partial charge on any atom is -0.467 e. The molecule has 2 rings (SSSR count). The maximum absolute atomic E-state index is 12.5. The van der Waals surface area contributed by atoms with Crippen LogP contribution >= 0.6 is 11.8 Å². The molecule has 0 radical (unpaired) electrons. The Morgan fingerprint density at radius 2 is 1.96 bits per heavy atom. The summed E-state index contributed by atoms with van der Waals surface area (Å²) in [6.45, 7) is 0. The molecule has 3 N–H and O–H groups in total. The molecular formula is C12H13ClN6O4S. The SMILES string of the molecule is CNc1nc(OC)nc(N(Cl)C(=O)c2ccccc2S(N)(=O)=O)n1. The van der Waals surface area contributed by atoms with Gasteiger partial charge >= 0.3 is 6.01 Å². The van der Waals surface area contributed by atoms with Crippen LogP contribution in [0.2, 0.25) is 0 Å². The van der Waals surface area contributed by atoms with Crippen molar-refractivity contribution >= 4 is 39.6 Å². The minimum absolute atomic E-state index is 0.0810. The van der Waals surface area contributed by atoms with Gasteiger partial charge in [0.15, 0.2) is 0 Å². The van der Waals surface area contributed by atoms with E-state index in [-0.39, 0.29) is 28.4 Å². The molecule has 24 heavy (non-hydrogen) atoms. The number of nitrogens with two attached hydrogens (primary N) is 1. The zero-order valence-electron chi connectivity index (χ0n) is 12.6. The highest BCUT2D eigenvalue weighted by Crippen LogP contribution is 2.22. The summed E-state index contributed by atoms with van der Waals surface area (Å²) < 4.78 is 28.7. The number of amides is 1. The zero-order valence-corrected chi connectivity index (χ0v) is 14.2. The minimum atomic E-state index is -4.12. The average Bonchev–Trinajstić information content (AvgIpc) is 2.59. The van der Waals surface area contributed by atoms with Gasteiger partial charge in [-0.15, -0.1) is 0 Å². The van der Waals surface area contributed by atoms with Gasteiger partial charge < -0.3 is 10.1 Å². The summed E-state index contributed by atoms with van der Waals surface area (Å²) in [4.78, 5) is 23.8. The van der Waals surface area contributed by atoms with Crippen molar-refractivity contribution in [1.82, 2.24) is 15.0 Å². The van der Waals surface area contributed by atoms with E-state index in [1.807, 2.05) is 0 Å². The number of carbonyl (C=O) groups is 1. The van der Waals surface area contributed by atoms with Gasteiger partial charge in [0.2, 0.25) is 16.0 Å². The van der Waals surface area contributed by atoms with Crippen LogP contribution < -0.4 is 19.6 Å². The second-order valence-electron chi connectivity index (χ2n) is 4.32. The lowest BCUT2D eigenvalue weighted by Gasteiger charge is -2.14. The number of benzene rings is 1. The second kappa shape index (κ2) is 6.95. The molecule has 1 amide bonds. The number of ether oxygens (including phenoxy) is 1. The van der Waals surface area contributed by atoms with Gasteiger partial charge in [-0.2, -0.15) is 19.4 Å². The van der Waals surface area contributed by atoms with Crippen molar-refractivity contribution in [2.75, 3.05) is 23.9 Å². The van der Waals surface area contributed by atoms with E-state index in [1.54, 1.807) is 7.05 Å². The van der Waals surface area contributed by atoms with Crippen LogP contribution in [0.3, 0.4) is 0 Å². The van der Waals surface area contributed by atoms with Crippen LogP contribution in [-0.2, 0) is 10.0 Å². The third-order valence-electron chi connectivity index (χ3n) is 2.79. The Hall–Kier alpha value is -2.50. The van der Waals surface area contributed by atoms with E-state index in [4.69, 9.17) is 21.7 Å². The van der Waals surface area contributed by atoms with Gasteiger partial charge in [0, 0.05) is 18.8 Å². The van der Waals surface area contributed by atoms with Crippen molar-refractivity contribution in [3.05, 3.63) is 29.8 Å². The highest BCUT2D eigenvalue weighted by molar-refractivity contribution is 7.89. The lowest BCUT2D eigenvalue weighted by molar-refractivity contribution is 0.100. The monoisotopic (exact) mass is 372 g/mol. The van der Waals surface area contributed by atoms with E-state index in [2.05, 4.69) is 20.3 Å². The normalized spacial score (nSPS) is 11.0. The van der Waals surface area contributed by atoms with Crippen LogP contribution in [0.25, 0.3) is 0 Å². The second-order valence-corrected chi connectivity index (χ2v) is 6.19. The third kappa shape index (κ3) is 3.69. The van der Waals surface area contributed by atoms with Crippen LogP contribution in [0, 0.1) is 0 Å². The molecule has 12 heteroatoms. The number of anilines is 2. The van der Waals surface area contributed by atoms with Gasteiger partial charge in [-0.3, -0.25) is 4.79 Å². The fourth-order valence-corrected chi connectivity index (χ4v) is 2.62. The number of hydrogen-bond donors (Lipinski definition) is 2. The molecule has 0 saturated heterocycles. The highest BCUT2D eigenvalue weighted by Gasteiger charge is 2.26. The van der Waals surface area contributed by atoms with Crippen LogP contribution in [-0.4, -0.2) is 43.4 Å². The summed E-state index contributed by atoms with van der Waals surface area (Å²) in [7, 11) is -1.24. The number of primary sulfonamides is 1. The molecule has 1 aromatic carbocycles. The number of rotatable bonds is 5. The number of halogens is 1. The Bertz CT molecular complexity index is 853. The fraction of sp³-hybridized carbons (Fsp3) is 0.167. The molecule has 2 aromatic rings. The molecule has 10 nitrogen and oxygen atoms in total.